The van der Waals surface area contributed by atoms with Gasteiger partial charge in [0.2, 0.25) is 0 Å². The fourth-order valence-corrected chi connectivity index (χ4v) is 1.64. The zero-order valence-electron chi connectivity index (χ0n) is 7.25. The molecule has 1 rings (SSSR count). The third kappa shape index (κ3) is 3.18. The van der Waals surface area contributed by atoms with Gasteiger partial charge in [-0.25, -0.2) is 0 Å². The van der Waals surface area contributed by atoms with E-state index < -0.39 is 0 Å². The molecule has 0 aromatic carbocycles. The summed E-state index contributed by atoms with van der Waals surface area (Å²) in [7, 11) is 2.16. The fourth-order valence-electron chi connectivity index (χ4n) is 1.64. The minimum absolute atomic E-state index is 0.361. The van der Waals surface area contributed by atoms with Gasteiger partial charge in [-0.05, 0) is 32.4 Å². The van der Waals surface area contributed by atoms with Crippen molar-refractivity contribution in [2.45, 2.75) is 12.8 Å². The summed E-state index contributed by atoms with van der Waals surface area (Å²) in [6, 6.07) is 0. The first kappa shape index (κ1) is 8.97. The van der Waals surface area contributed by atoms with Crippen molar-refractivity contribution in [3.8, 4) is 0 Å². The Morgan fingerprint density at radius 1 is 1.64 bits per heavy atom. The van der Waals surface area contributed by atoms with Crippen molar-refractivity contribution in [3.63, 3.8) is 0 Å². The molecule has 1 aliphatic rings. The molecule has 1 heterocycles. The highest BCUT2D eigenvalue weighted by atomic mass is 16.5. The van der Waals surface area contributed by atoms with Gasteiger partial charge in [0, 0.05) is 6.54 Å². The zero-order chi connectivity index (χ0) is 8.10. The number of ether oxygens (including phenoxy) is 1. The van der Waals surface area contributed by atoms with Crippen molar-refractivity contribution < 1.29 is 4.74 Å². The molecule has 1 unspecified atom stereocenters. The molecule has 1 saturated heterocycles. The second-order valence-electron chi connectivity index (χ2n) is 3.31. The minimum Gasteiger partial charge on any atom is -0.366 e. The Kier molecular flexibility index (Phi) is 3.83. The number of nitrogens with two attached hydrogens (primary N) is 1. The van der Waals surface area contributed by atoms with Gasteiger partial charge in [-0.3, -0.25) is 0 Å². The number of rotatable bonds is 3. The summed E-state index contributed by atoms with van der Waals surface area (Å²) in [5, 5.41) is 0. The number of likely N-dealkylation sites (tertiary alicyclic amines) is 1. The van der Waals surface area contributed by atoms with Gasteiger partial charge in [0.05, 0.1) is 13.3 Å². The molecule has 0 bridgehead atoms. The Labute approximate surface area is 68.5 Å². The molecule has 1 fully saturated rings. The molecular formula is C8H18N2O. The molecule has 0 saturated carbocycles. The van der Waals surface area contributed by atoms with Crippen LogP contribution in [0.3, 0.4) is 0 Å². The number of nitrogens with zero attached hydrogens (tertiary/aromatic N) is 1. The lowest BCUT2D eigenvalue weighted by Gasteiger charge is -2.29. The lowest BCUT2D eigenvalue weighted by Crippen LogP contribution is -2.34. The van der Waals surface area contributed by atoms with Crippen molar-refractivity contribution in [2.24, 2.45) is 11.7 Å². The van der Waals surface area contributed by atoms with Gasteiger partial charge in [-0.1, -0.05) is 0 Å². The highest BCUT2D eigenvalue weighted by Gasteiger charge is 2.16. The first-order valence-electron chi connectivity index (χ1n) is 4.29. The highest BCUT2D eigenvalue weighted by Crippen LogP contribution is 2.14. The molecule has 11 heavy (non-hydrogen) atoms. The topological polar surface area (TPSA) is 38.5 Å². The fraction of sp³-hybridized carbons (Fsp3) is 1.00. The molecule has 0 aromatic heterocycles. The van der Waals surface area contributed by atoms with E-state index in [2.05, 4.69) is 11.9 Å². The summed E-state index contributed by atoms with van der Waals surface area (Å²) < 4.78 is 5.17. The van der Waals surface area contributed by atoms with Crippen LogP contribution in [0.4, 0.5) is 0 Å². The van der Waals surface area contributed by atoms with E-state index in [0.29, 0.717) is 12.6 Å². The molecule has 2 N–H and O–H groups in total. The van der Waals surface area contributed by atoms with Crippen molar-refractivity contribution in [2.75, 3.05) is 33.5 Å². The Balaban J connectivity index is 2.12. The summed E-state index contributed by atoms with van der Waals surface area (Å²) >= 11 is 0. The minimum atomic E-state index is 0.361. The standard InChI is InChI=1S/C8H18N2O/c1-10-4-2-3-8(5-10)6-11-7-9/h8H,2-7,9H2,1H3. The van der Waals surface area contributed by atoms with E-state index >= 15 is 0 Å². The summed E-state index contributed by atoms with van der Waals surface area (Å²) in [5.74, 6) is 0.706. The number of piperidine rings is 1. The largest absolute Gasteiger partial charge is 0.366 e. The zero-order valence-corrected chi connectivity index (χ0v) is 7.25. The van der Waals surface area contributed by atoms with Gasteiger partial charge < -0.3 is 15.4 Å². The molecular weight excluding hydrogens is 140 g/mol. The highest BCUT2D eigenvalue weighted by molar-refractivity contribution is 4.69. The lowest BCUT2D eigenvalue weighted by atomic mass is 10.00. The van der Waals surface area contributed by atoms with Gasteiger partial charge >= 0.3 is 0 Å². The van der Waals surface area contributed by atoms with Crippen LogP contribution in [0.1, 0.15) is 12.8 Å². The van der Waals surface area contributed by atoms with E-state index in [1.54, 1.807) is 0 Å². The molecule has 0 amide bonds. The van der Waals surface area contributed by atoms with Crippen LogP contribution in [0.5, 0.6) is 0 Å². The van der Waals surface area contributed by atoms with E-state index in [4.69, 9.17) is 10.5 Å². The van der Waals surface area contributed by atoms with E-state index in [1.807, 2.05) is 0 Å². The van der Waals surface area contributed by atoms with Crippen LogP contribution in [0.25, 0.3) is 0 Å². The van der Waals surface area contributed by atoms with Crippen LogP contribution in [0.2, 0.25) is 0 Å². The van der Waals surface area contributed by atoms with Crippen LogP contribution >= 0.6 is 0 Å². The maximum absolute atomic E-state index is 5.24. The first-order chi connectivity index (χ1) is 5.33. The van der Waals surface area contributed by atoms with Gasteiger partial charge in [0.25, 0.3) is 0 Å². The molecule has 3 heteroatoms. The normalized spacial score (nSPS) is 27.3. The maximum atomic E-state index is 5.24. The Morgan fingerprint density at radius 2 is 2.45 bits per heavy atom. The molecule has 0 spiro atoms. The Morgan fingerprint density at radius 3 is 3.09 bits per heavy atom. The number of hydrogen-bond acceptors (Lipinski definition) is 3. The van der Waals surface area contributed by atoms with Crippen molar-refractivity contribution in [3.05, 3.63) is 0 Å². The summed E-state index contributed by atoms with van der Waals surface area (Å²) in [4.78, 5) is 2.36. The predicted octanol–water partition coefficient (Wildman–Crippen LogP) is 0.261. The second kappa shape index (κ2) is 4.70. The molecule has 1 aliphatic heterocycles. The molecule has 0 aromatic rings. The van der Waals surface area contributed by atoms with Gasteiger partial charge in [-0.2, -0.15) is 0 Å². The van der Waals surface area contributed by atoms with E-state index in [9.17, 15) is 0 Å². The lowest BCUT2D eigenvalue weighted by molar-refractivity contribution is 0.0712. The van der Waals surface area contributed by atoms with Crippen molar-refractivity contribution in [1.29, 1.82) is 0 Å². The molecule has 1 atom stereocenters. The summed E-state index contributed by atoms with van der Waals surface area (Å²) in [6.07, 6.45) is 2.60. The van der Waals surface area contributed by atoms with Gasteiger partial charge in [-0.15, -0.1) is 0 Å². The second-order valence-corrected chi connectivity index (χ2v) is 3.31. The summed E-state index contributed by atoms with van der Waals surface area (Å²) in [5.41, 5.74) is 5.24. The van der Waals surface area contributed by atoms with Crippen LogP contribution in [-0.4, -0.2) is 38.4 Å². The quantitative estimate of drug-likeness (QED) is 0.599. The van der Waals surface area contributed by atoms with Crippen molar-refractivity contribution >= 4 is 0 Å². The SMILES string of the molecule is CN1CCCC(COCN)C1. The molecule has 66 valence electrons. The van der Waals surface area contributed by atoms with Gasteiger partial charge in [0.1, 0.15) is 0 Å². The predicted molar refractivity (Wildman–Crippen MR) is 45.2 cm³/mol. The third-order valence-corrected chi connectivity index (χ3v) is 2.19. The maximum Gasteiger partial charge on any atom is 0.0940 e. The Hall–Kier alpha value is -0.120. The van der Waals surface area contributed by atoms with E-state index in [0.717, 1.165) is 6.61 Å². The van der Waals surface area contributed by atoms with Crippen molar-refractivity contribution in [1.82, 2.24) is 4.90 Å². The van der Waals surface area contributed by atoms with E-state index in [-0.39, 0.29) is 0 Å². The first-order valence-corrected chi connectivity index (χ1v) is 4.29. The average Bonchev–Trinajstić information content (AvgIpc) is 2.01. The monoisotopic (exact) mass is 158 g/mol. The van der Waals surface area contributed by atoms with Crippen LogP contribution in [0.15, 0.2) is 0 Å². The summed E-state index contributed by atoms with van der Waals surface area (Å²) in [6.45, 7) is 3.60. The van der Waals surface area contributed by atoms with E-state index in [1.165, 1.54) is 25.9 Å². The molecule has 3 nitrogen and oxygen atoms in total. The molecule has 0 radical (unpaired) electrons. The van der Waals surface area contributed by atoms with Gasteiger partial charge in [0.15, 0.2) is 0 Å². The van der Waals surface area contributed by atoms with Crippen LogP contribution < -0.4 is 5.73 Å². The third-order valence-electron chi connectivity index (χ3n) is 2.19. The average molecular weight is 158 g/mol. The van der Waals surface area contributed by atoms with Crippen LogP contribution in [0, 0.1) is 5.92 Å². The Bertz CT molecular complexity index is 108. The van der Waals surface area contributed by atoms with Crippen LogP contribution in [-0.2, 0) is 4.74 Å². The number of hydrogen-bond donors (Lipinski definition) is 1. The smallest absolute Gasteiger partial charge is 0.0940 e. The molecule has 0 aliphatic carbocycles.